The van der Waals surface area contributed by atoms with Crippen molar-refractivity contribution in [3.63, 3.8) is 0 Å². The average Bonchev–Trinajstić information content (AvgIpc) is 2.86. The molecule has 0 unspecified atom stereocenters. The first-order valence-electron chi connectivity index (χ1n) is 5.54. The first-order valence-corrected chi connectivity index (χ1v) is 6.94. The van der Waals surface area contributed by atoms with Gasteiger partial charge in [0.25, 0.3) is 10.2 Å². The highest BCUT2D eigenvalue weighted by molar-refractivity contribution is 7.86. The summed E-state index contributed by atoms with van der Waals surface area (Å²) >= 11 is 0. The van der Waals surface area contributed by atoms with Gasteiger partial charge in [0.1, 0.15) is 0 Å². The monoisotopic (exact) mass is 234 g/mol. The summed E-state index contributed by atoms with van der Waals surface area (Å²) in [4.78, 5) is 0. The van der Waals surface area contributed by atoms with Gasteiger partial charge in [0.2, 0.25) is 0 Å². The molecule has 15 heavy (non-hydrogen) atoms. The minimum atomic E-state index is -3.29. The number of nitrogens with zero attached hydrogens (tertiary/aromatic N) is 2. The third kappa shape index (κ3) is 2.33. The van der Waals surface area contributed by atoms with E-state index in [4.69, 9.17) is 5.11 Å². The molecule has 0 amide bonds. The summed E-state index contributed by atoms with van der Waals surface area (Å²) in [5.74, 6) is 0. The maximum atomic E-state index is 12.1. The second-order valence-corrected chi connectivity index (χ2v) is 6.06. The molecule has 0 aromatic rings. The largest absolute Gasteiger partial charge is 0.395 e. The Morgan fingerprint density at radius 1 is 1.27 bits per heavy atom. The first-order chi connectivity index (χ1) is 7.16. The predicted octanol–water partition coefficient (Wildman–Crippen LogP) is -0.216. The molecule has 2 fully saturated rings. The minimum Gasteiger partial charge on any atom is -0.395 e. The third-order valence-corrected chi connectivity index (χ3v) is 5.05. The Hall–Kier alpha value is -0.170. The van der Waals surface area contributed by atoms with Crippen LogP contribution in [0.25, 0.3) is 0 Å². The van der Waals surface area contributed by atoms with Gasteiger partial charge in [-0.05, 0) is 25.7 Å². The fourth-order valence-corrected chi connectivity index (χ4v) is 3.93. The fourth-order valence-electron chi connectivity index (χ4n) is 2.01. The van der Waals surface area contributed by atoms with Crippen molar-refractivity contribution in [3.05, 3.63) is 0 Å². The molecule has 1 heterocycles. The average molecular weight is 234 g/mol. The lowest BCUT2D eigenvalue weighted by atomic mass is 10.4. The lowest BCUT2D eigenvalue weighted by Crippen LogP contribution is -2.44. The summed E-state index contributed by atoms with van der Waals surface area (Å²) in [6, 6.07) is 0.141. The molecule has 6 heteroatoms. The number of rotatable bonds is 5. The zero-order chi connectivity index (χ0) is 10.9. The van der Waals surface area contributed by atoms with Crippen LogP contribution in [0.15, 0.2) is 0 Å². The molecule has 88 valence electrons. The summed E-state index contributed by atoms with van der Waals surface area (Å²) in [6.07, 6.45) is 3.79. The molecule has 1 aliphatic heterocycles. The van der Waals surface area contributed by atoms with Crippen LogP contribution < -0.4 is 0 Å². The maximum absolute atomic E-state index is 12.1. The summed E-state index contributed by atoms with van der Waals surface area (Å²) in [6.45, 7) is 1.42. The van der Waals surface area contributed by atoms with Crippen LogP contribution in [0.1, 0.15) is 25.7 Å². The lowest BCUT2D eigenvalue weighted by Gasteiger charge is -2.26. The molecule has 1 saturated heterocycles. The van der Waals surface area contributed by atoms with Gasteiger partial charge < -0.3 is 5.11 Å². The van der Waals surface area contributed by atoms with Gasteiger partial charge in [-0.2, -0.15) is 17.0 Å². The van der Waals surface area contributed by atoms with Crippen molar-refractivity contribution < 1.29 is 13.5 Å². The molecular formula is C9H18N2O3S. The molecule has 2 rings (SSSR count). The lowest BCUT2D eigenvalue weighted by molar-refractivity contribution is 0.242. The first kappa shape index (κ1) is 11.3. The van der Waals surface area contributed by atoms with Crippen molar-refractivity contribution in [2.75, 3.05) is 26.2 Å². The maximum Gasteiger partial charge on any atom is 0.282 e. The van der Waals surface area contributed by atoms with E-state index < -0.39 is 10.2 Å². The van der Waals surface area contributed by atoms with Crippen molar-refractivity contribution in [1.82, 2.24) is 8.61 Å². The second-order valence-electron chi connectivity index (χ2n) is 4.18. The van der Waals surface area contributed by atoms with E-state index in [0.29, 0.717) is 13.1 Å². The van der Waals surface area contributed by atoms with E-state index in [9.17, 15) is 8.42 Å². The van der Waals surface area contributed by atoms with Crippen LogP contribution in [0.5, 0.6) is 0 Å². The van der Waals surface area contributed by atoms with E-state index in [-0.39, 0.29) is 19.2 Å². The molecule has 0 spiro atoms. The molecule has 2 aliphatic rings. The van der Waals surface area contributed by atoms with Crippen LogP contribution in [0.3, 0.4) is 0 Å². The van der Waals surface area contributed by atoms with Crippen molar-refractivity contribution in [1.29, 1.82) is 0 Å². The van der Waals surface area contributed by atoms with Gasteiger partial charge in [-0.1, -0.05) is 0 Å². The van der Waals surface area contributed by atoms with E-state index in [0.717, 1.165) is 25.7 Å². The summed E-state index contributed by atoms with van der Waals surface area (Å²) < 4.78 is 27.3. The Kier molecular flexibility index (Phi) is 3.30. The normalized spacial score (nSPS) is 23.9. The molecule has 1 N–H and O–H groups in total. The third-order valence-electron chi connectivity index (χ3n) is 2.96. The second kappa shape index (κ2) is 4.37. The van der Waals surface area contributed by atoms with Crippen LogP contribution >= 0.6 is 0 Å². The highest BCUT2D eigenvalue weighted by Gasteiger charge is 2.40. The van der Waals surface area contributed by atoms with Gasteiger partial charge >= 0.3 is 0 Å². The highest BCUT2D eigenvalue weighted by Crippen LogP contribution is 2.31. The number of aliphatic hydroxyl groups excluding tert-OH is 1. The Labute approximate surface area is 90.9 Å². The van der Waals surface area contributed by atoms with E-state index in [2.05, 4.69) is 0 Å². The molecule has 0 radical (unpaired) electrons. The molecule has 0 aromatic heterocycles. The molecule has 1 saturated carbocycles. The minimum absolute atomic E-state index is 0.0937. The molecule has 0 aromatic carbocycles. The van der Waals surface area contributed by atoms with Crippen molar-refractivity contribution in [3.8, 4) is 0 Å². The van der Waals surface area contributed by atoms with E-state index >= 15 is 0 Å². The SMILES string of the molecule is O=S(=O)(N1CCCC1)N(CCO)C1CC1. The van der Waals surface area contributed by atoms with Crippen molar-refractivity contribution in [2.45, 2.75) is 31.7 Å². The van der Waals surface area contributed by atoms with Gasteiger partial charge in [0.05, 0.1) is 6.61 Å². The van der Waals surface area contributed by atoms with Crippen LogP contribution in [-0.4, -0.2) is 54.4 Å². The van der Waals surface area contributed by atoms with Crippen LogP contribution in [0.4, 0.5) is 0 Å². The van der Waals surface area contributed by atoms with E-state index in [1.54, 1.807) is 4.31 Å². The zero-order valence-electron chi connectivity index (χ0n) is 8.80. The Morgan fingerprint density at radius 3 is 2.33 bits per heavy atom. The van der Waals surface area contributed by atoms with E-state index in [1.165, 1.54) is 4.31 Å². The smallest absolute Gasteiger partial charge is 0.282 e. The Bertz CT molecular complexity index is 307. The molecule has 1 aliphatic carbocycles. The number of hydrogen-bond donors (Lipinski definition) is 1. The Morgan fingerprint density at radius 2 is 1.87 bits per heavy atom. The molecule has 0 bridgehead atoms. The highest BCUT2D eigenvalue weighted by atomic mass is 32.2. The number of aliphatic hydroxyl groups is 1. The van der Waals surface area contributed by atoms with Crippen LogP contribution in [0, 0.1) is 0 Å². The van der Waals surface area contributed by atoms with E-state index in [1.807, 2.05) is 0 Å². The quantitative estimate of drug-likeness (QED) is 0.715. The van der Waals surface area contributed by atoms with Gasteiger partial charge in [0.15, 0.2) is 0 Å². The van der Waals surface area contributed by atoms with Gasteiger partial charge in [-0.15, -0.1) is 0 Å². The zero-order valence-corrected chi connectivity index (χ0v) is 9.62. The van der Waals surface area contributed by atoms with Crippen molar-refractivity contribution >= 4 is 10.2 Å². The fraction of sp³-hybridized carbons (Fsp3) is 1.00. The van der Waals surface area contributed by atoms with Crippen molar-refractivity contribution in [2.24, 2.45) is 0 Å². The summed E-state index contributed by atoms with van der Waals surface area (Å²) in [5, 5.41) is 8.89. The van der Waals surface area contributed by atoms with Gasteiger partial charge in [0, 0.05) is 25.7 Å². The summed E-state index contributed by atoms with van der Waals surface area (Å²) in [5.41, 5.74) is 0. The van der Waals surface area contributed by atoms with Gasteiger partial charge in [-0.25, -0.2) is 0 Å². The topological polar surface area (TPSA) is 60.9 Å². The van der Waals surface area contributed by atoms with Crippen LogP contribution in [-0.2, 0) is 10.2 Å². The molecule has 5 nitrogen and oxygen atoms in total. The summed E-state index contributed by atoms with van der Waals surface area (Å²) in [7, 11) is -3.29. The number of hydrogen-bond acceptors (Lipinski definition) is 3. The standard InChI is InChI=1S/C9H18N2O3S/c12-8-7-11(9-3-4-9)15(13,14)10-5-1-2-6-10/h9,12H,1-8H2. The molecule has 0 atom stereocenters. The van der Waals surface area contributed by atoms with Gasteiger partial charge in [-0.3, -0.25) is 0 Å². The molecular weight excluding hydrogens is 216 g/mol. The predicted molar refractivity (Wildman–Crippen MR) is 56.5 cm³/mol. The van der Waals surface area contributed by atoms with Crippen LogP contribution in [0.2, 0.25) is 0 Å². The Balaban J connectivity index is 2.09.